The Hall–Kier alpha value is -4.11. The molecule has 0 saturated heterocycles. The van der Waals surface area contributed by atoms with E-state index < -0.39 is 5.41 Å². The average molecular weight is 472 g/mol. The Bertz CT molecular complexity index is 1320. The number of rotatable bonds is 8. The summed E-state index contributed by atoms with van der Waals surface area (Å²) in [6, 6.07) is 15.2. The molecule has 0 aliphatic carbocycles. The first kappa shape index (κ1) is 24.0. The van der Waals surface area contributed by atoms with Gasteiger partial charge in [-0.25, -0.2) is 9.97 Å². The molecule has 4 rings (SSSR count). The van der Waals surface area contributed by atoms with Crippen LogP contribution in [0.25, 0.3) is 34.0 Å². The predicted octanol–water partition coefficient (Wildman–Crippen LogP) is 3.40. The average Bonchev–Trinajstić information content (AvgIpc) is 3.35. The van der Waals surface area contributed by atoms with Crippen molar-refractivity contribution in [2.24, 2.45) is 0 Å². The summed E-state index contributed by atoms with van der Waals surface area (Å²) < 4.78 is 5.54. The second-order valence-electron chi connectivity index (χ2n) is 9.05. The van der Waals surface area contributed by atoms with Gasteiger partial charge < -0.3 is 20.5 Å². The molecule has 0 aliphatic rings. The van der Waals surface area contributed by atoms with Crippen LogP contribution in [0.3, 0.4) is 0 Å². The van der Waals surface area contributed by atoms with Gasteiger partial charge in [0.2, 0.25) is 5.91 Å². The van der Waals surface area contributed by atoms with Gasteiger partial charge in [-0.3, -0.25) is 9.78 Å². The molecule has 0 atom stereocenters. The Morgan fingerprint density at radius 1 is 1.06 bits per heavy atom. The number of anilines is 1. The number of pyridine rings is 1. The lowest BCUT2D eigenvalue weighted by Gasteiger charge is -2.24. The maximum atomic E-state index is 12.9. The normalized spacial score (nSPS) is 11.6. The molecular formula is C26H29N7O2. The number of hydrogen-bond acceptors (Lipinski definition) is 8. The number of nitrogen functional groups attached to an aromatic ring is 1. The summed E-state index contributed by atoms with van der Waals surface area (Å²) >= 11 is 0. The van der Waals surface area contributed by atoms with Gasteiger partial charge in [-0.15, -0.1) is 0 Å². The Morgan fingerprint density at radius 3 is 2.57 bits per heavy atom. The first-order valence-electron chi connectivity index (χ1n) is 11.3. The smallest absolute Gasteiger partial charge is 0.231 e. The van der Waals surface area contributed by atoms with Crippen LogP contribution in [0.4, 0.5) is 5.82 Å². The topological polar surface area (TPSA) is 123 Å². The molecule has 3 heterocycles. The minimum Gasteiger partial charge on any atom is -0.382 e. The monoisotopic (exact) mass is 471 g/mol. The number of hydrogen-bond donors (Lipinski definition) is 2. The highest BCUT2D eigenvalue weighted by molar-refractivity contribution is 5.87. The lowest BCUT2D eigenvalue weighted by Crippen LogP contribution is -2.43. The van der Waals surface area contributed by atoms with E-state index in [1.807, 2.05) is 75.3 Å². The molecule has 0 aliphatic heterocycles. The standard InChI is InChI=1S/C26H29N7O2/c1-26(2,25(34)29-12-13-33(3)4)22-14-18(10-11-28-22)20-16-30-24(27)23(31-20)21-15-19(32-35-21)17-8-6-5-7-9-17/h5-11,14-16H,12-13H2,1-4H3,(H2,27,30)(H,29,34). The van der Waals surface area contributed by atoms with Crippen molar-refractivity contribution in [3.05, 3.63) is 66.6 Å². The first-order chi connectivity index (χ1) is 16.8. The van der Waals surface area contributed by atoms with E-state index in [0.29, 0.717) is 35.1 Å². The van der Waals surface area contributed by atoms with Gasteiger partial charge in [-0.05, 0) is 40.1 Å². The van der Waals surface area contributed by atoms with E-state index >= 15 is 0 Å². The minimum absolute atomic E-state index is 0.0943. The number of nitrogens with zero attached hydrogens (tertiary/aromatic N) is 5. The van der Waals surface area contributed by atoms with Crippen LogP contribution in [0.2, 0.25) is 0 Å². The predicted molar refractivity (Wildman–Crippen MR) is 135 cm³/mol. The van der Waals surface area contributed by atoms with E-state index in [9.17, 15) is 4.79 Å². The summed E-state index contributed by atoms with van der Waals surface area (Å²) in [5.41, 5.74) is 9.27. The van der Waals surface area contributed by atoms with Crippen molar-refractivity contribution >= 4 is 11.7 Å². The van der Waals surface area contributed by atoms with Crippen LogP contribution in [-0.4, -0.2) is 58.1 Å². The molecular weight excluding hydrogens is 442 g/mol. The van der Waals surface area contributed by atoms with Crippen LogP contribution in [0.5, 0.6) is 0 Å². The summed E-state index contributed by atoms with van der Waals surface area (Å²) in [6.45, 7) is 5.02. The van der Waals surface area contributed by atoms with Gasteiger partial charge in [-0.2, -0.15) is 0 Å². The molecule has 0 bridgehead atoms. The third-order valence-electron chi connectivity index (χ3n) is 5.72. The second-order valence-corrected chi connectivity index (χ2v) is 9.05. The van der Waals surface area contributed by atoms with E-state index in [0.717, 1.165) is 17.7 Å². The molecule has 4 aromatic rings. The molecule has 1 amide bonds. The van der Waals surface area contributed by atoms with Crippen molar-refractivity contribution in [2.45, 2.75) is 19.3 Å². The van der Waals surface area contributed by atoms with Gasteiger partial charge in [0.25, 0.3) is 0 Å². The third kappa shape index (κ3) is 5.36. The molecule has 0 saturated carbocycles. The second kappa shape index (κ2) is 10.0. The van der Waals surface area contributed by atoms with Gasteiger partial charge in [-0.1, -0.05) is 35.5 Å². The van der Waals surface area contributed by atoms with E-state index in [4.69, 9.17) is 15.2 Å². The highest BCUT2D eigenvalue weighted by atomic mass is 16.5. The van der Waals surface area contributed by atoms with Gasteiger partial charge in [0.05, 0.1) is 23.0 Å². The van der Waals surface area contributed by atoms with Crippen LogP contribution in [-0.2, 0) is 10.2 Å². The zero-order chi connectivity index (χ0) is 25.0. The fraction of sp³-hybridized carbons (Fsp3) is 0.269. The Kier molecular flexibility index (Phi) is 6.88. The zero-order valence-electron chi connectivity index (χ0n) is 20.3. The Morgan fingerprint density at radius 2 is 1.83 bits per heavy atom. The Labute approximate surface area is 204 Å². The molecule has 180 valence electrons. The number of nitrogens with one attached hydrogen (secondary N) is 1. The molecule has 0 radical (unpaired) electrons. The van der Waals surface area contributed by atoms with Crippen LogP contribution < -0.4 is 11.1 Å². The largest absolute Gasteiger partial charge is 0.382 e. The number of carbonyl (C=O) groups is 1. The quantitative estimate of drug-likeness (QED) is 0.401. The lowest BCUT2D eigenvalue weighted by molar-refractivity contribution is -0.125. The van der Waals surface area contributed by atoms with Gasteiger partial charge in [0.15, 0.2) is 17.3 Å². The zero-order valence-corrected chi connectivity index (χ0v) is 20.3. The fourth-order valence-corrected chi connectivity index (χ4v) is 3.51. The number of likely N-dealkylation sites (N-methyl/N-ethyl adjacent to an activating group) is 1. The molecule has 35 heavy (non-hydrogen) atoms. The third-order valence-corrected chi connectivity index (χ3v) is 5.72. The number of amides is 1. The van der Waals surface area contributed by atoms with Crippen LogP contribution >= 0.6 is 0 Å². The number of carbonyl (C=O) groups excluding carboxylic acids is 1. The summed E-state index contributed by atoms with van der Waals surface area (Å²) in [6.07, 6.45) is 3.26. The van der Waals surface area contributed by atoms with Gasteiger partial charge in [0.1, 0.15) is 5.69 Å². The van der Waals surface area contributed by atoms with E-state index in [1.54, 1.807) is 18.5 Å². The highest BCUT2D eigenvalue weighted by Gasteiger charge is 2.31. The van der Waals surface area contributed by atoms with Crippen molar-refractivity contribution in [1.29, 1.82) is 0 Å². The summed E-state index contributed by atoms with van der Waals surface area (Å²) in [7, 11) is 3.93. The number of nitrogens with two attached hydrogens (primary N) is 1. The highest BCUT2D eigenvalue weighted by Crippen LogP contribution is 2.31. The molecule has 0 unspecified atom stereocenters. The minimum atomic E-state index is -0.831. The maximum absolute atomic E-state index is 12.9. The van der Waals surface area contributed by atoms with Crippen molar-refractivity contribution in [2.75, 3.05) is 32.9 Å². The van der Waals surface area contributed by atoms with E-state index in [-0.39, 0.29) is 11.7 Å². The number of aromatic nitrogens is 4. The van der Waals surface area contributed by atoms with Gasteiger partial charge in [0, 0.05) is 36.5 Å². The summed E-state index contributed by atoms with van der Waals surface area (Å²) in [4.78, 5) is 28.4. The van der Waals surface area contributed by atoms with Crippen molar-refractivity contribution in [1.82, 2.24) is 30.3 Å². The van der Waals surface area contributed by atoms with Crippen LogP contribution in [0.15, 0.2) is 65.4 Å². The van der Waals surface area contributed by atoms with Crippen molar-refractivity contribution < 1.29 is 9.32 Å². The molecule has 0 fully saturated rings. The molecule has 1 aromatic carbocycles. The summed E-state index contributed by atoms with van der Waals surface area (Å²) in [5.74, 6) is 0.563. The molecule has 9 heteroatoms. The van der Waals surface area contributed by atoms with Crippen molar-refractivity contribution in [3.8, 4) is 34.0 Å². The molecule has 3 aromatic heterocycles. The van der Waals surface area contributed by atoms with Crippen molar-refractivity contribution in [3.63, 3.8) is 0 Å². The maximum Gasteiger partial charge on any atom is 0.231 e. The molecule has 9 nitrogen and oxygen atoms in total. The summed E-state index contributed by atoms with van der Waals surface area (Å²) in [5, 5.41) is 7.13. The lowest BCUT2D eigenvalue weighted by atomic mass is 9.86. The fourth-order valence-electron chi connectivity index (χ4n) is 3.51. The van der Waals surface area contributed by atoms with Crippen LogP contribution in [0, 0.1) is 0 Å². The van der Waals surface area contributed by atoms with E-state index in [2.05, 4.69) is 20.4 Å². The SMILES string of the molecule is CN(C)CCNC(=O)C(C)(C)c1cc(-c2cnc(N)c(-c3cc(-c4ccccc4)no3)n2)ccn1. The van der Waals surface area contributed by atoms with Gasteiger partial charge >= 0.3 is 0 Å². The van der Waals surface area contributed by atoms with E-state index in [1.165, 1.54) is 0 Å². The van der Waals surface area contributed by atoms with Crippen LogP contribution in [0.1, 0.15) is 19.5 Å². The Balaban J connectivity index is 1.61. The number of benzene rings is 1. The first-order valence-corrected chi connectivity index (χ1v) is 11.3. The molecule has 0 spiro atoms. The molecule has 3 N–H and O–H groups in total.